The Morgan fingerprint density at radius 1 is 1.33 bits per heavy atom. The van der Waals surface area contributed by atoms with Gasteiger partial charge in [-0.3, -0.25) is 0 Å². The van der Waals surface area contributed by atoms with Gasteiger partial charge in [0.1, 0.15) is 0 Å². The van der Waals surface area contributed by atoms with Crippen LogP contribution in [0.15, 0.2) is 0 Å². The lowest BCUT2D eigenvalue weighted by Crippen LogP contribution is -2.36. The molecule has 0 amide bonds. The highest BCUT2D eigenvalue weighted by atomic mass is 16.7. The van der Waals surface area contributed by atoms with Crippen molar-refractivity contribution in [3.8, 4) is 0 Å². The van der Waals surface area contributed by atoms with E-state index in [0.717, 1.165) is 25.9 Å². The van der Waals surface area contributed by atoms with Crippen LogP contribution < -0.4 is 0 Å². The van der Waals surface area contributed by atoms with E-state index in [4.69, 9.17) is 9.47 Å². The standard InChI is InChI=1S/C10H18O2/c1-2-9-5-7-10(12-9)6-3-4-8-11-10/h9H,2-8H2,1H3. The average Bonchev–Trinajstić information content (AvgIpc) is 2.50. The summed E-state index contributed by atoms with van der Waals surface area (Å²) in [6, 6.07) is 0. The molecule has 1 spiro atoms. The van der Waals surface area contributed by atoms with E-state index < -0.39 is 0 Å². The Balaban J connectivity index is 1.94. The van der Waals surface area contributed by atoms with Crippen LogP contribution in [0.5, 0.6) is 0 Å². The molecular formula is C10H18O2. The molecule has 0 aromatic heterocycles. The minimum Gasteiger partial charge on any atom is -0.350 e. The topological polar surface area (TPSA) is 18.5 Å². The Kier molecular flexibility index (Phi) is 2.37. The van der Waals surface area contributed by atoms with Crippen molar-refractivity contribution in [3.05, 3.63) is 0 Å². The Hall–Kier alpha value is -0.0800. The molecule has 0 N–H and O–H groups in total. The van der Waals surface area contributed by atoms with E-state index in [0.29, 0.717) is 6.10 Å². The van der Waals surface area contributed by atoms with E-state index >= 15 is 0 Å². The number of hydrogen-bond acceptors (Lipinski definition) is 2. The van der Waals surface area contributed by atoms with Gasteiger partial charge in [0.25, 0.3) is 0 Å². The smallest absolute Gasteiger partial charge is 0.168 e. The van der Waals surface area contributed by atoms with Crippen LogP contribution in [0.2, 0.25) is 0 Å². The van der Waals surface area contributed by atoms with Crippen molar-refractivity contribution in [2.24, 2.45) is 0 Å². The van der Waals surface area contributed by atoms with E-state index in [-0.39, 0.29) is 5.79 Å². The van der Waals surface area contributed by atoms with Crippen molar-refractivity contribution in [1.29, 1.82) is 0 Å². The van der Waals surface area contributed by atoms with E-state index in [1.54, 1.807) is 0 Å². The highest BCUT2D eigenvalue weighted by Gasteiger charge is 2.41. The van der Waals surface area contributed by atoms with Crippen molar-refractivity contribution in [2.45, 2.75) is 57.3 Å². The Morgan fingerprint density at radius 3 is 2.83 bits per heavy atom. The fourth-order valence-electron chi connectivity index (χ4n) is 2.21. The Labute approximate surface area is 74.2 Å². The SMILES string of the molecule is CCC1CCC2(CCCCO2)O1. The molecule has 0 aliphatic carbocycles. The molecule has 0 bridgehead atoms. The molecule has 2 rings (SSSR count). The maximum absolute atomic E-state index is 5.92. The lowest BCUT2D eigenvalue weighted by Gasteiger charge is -2.33. The molecule has 2 atom stereocenters. The summed E-state index contributed by atoms with van der Waals surface area (Å²) in [6.07, 6.45) is 7.50. The molecule has 0 radical (unpaired) electrons. The second-order valence-corrected chi connectivity index (χ2v) is 3.90. The lowest BCUT2D eigenvalue weighted by atomic mass is 10.0. The predicted octanol–water partition coefficient (Wildman–Crippen LogP) is 2.47. The van der Waals surface area contributed by atoms with Crippen molar-refractivity contribution in [3.63, 3.8) is 0 Å². The highest BCUT2D eigenvalue weighted by Crippen LogP contribution is 2.39. The zero-order valence-corrected chi connectivity index (χ0v) is 7.84. The summed E-state index contributed by atoms with van der Waals surface area (Å²) in [5, 5.41) is 0. The second-order valence-electron chi connectivity index (χ2n) is 3.90. The fourth-order valence-corrected chi connectivity index (χ4v) is 2.21. The van der Waals surface area contributed by atoms with Crippen molar-refractivity contribution in [1.82, 2.24) is 0 Å². The first-order valence-electron chi connectivity index (χ1n) is 5.16. The first kappa shape index (κ1) is 8.52. The van der Waals surface area contributed by atoms with Gasteiger partial charge in [0.05, 0.1) is 12.7 Å². The molecule has 12 heavy (non-hydrogen) atoms. The number of hydrogen-bond donors (Lipinski definition) is 0. The van der Waals surface area contributed by atoms with Crippen LogP contribution in [0.1, 0.15) is 45.4 Å². The van der Waals surface area contributed by atoms with Gasteiger partial charge in [0, 0.05) is 12.8 Å². The molecule has 2 saturated heterocycles. The average molecular weight is 170 g/mol. The van der Waals surface area contributed by atoms with Crippen LogP contribution >= 0.6 is 0 Å². The second kappa shape index (κ2) is 3.35. The molecule has 2 aliphatic rings. The zero-order valence-electron chi connectivity index (χ0n) is 7.84. The minimum absolute atomic E-state index is 0.154. The van der Waals surface area contributed by atoms with Gasteiger partial charge >= 0.3 is 0 Å². The monoisotopic (exact) mass is 170 g/mol. The van der Waals surface area contributed by atoms with Crippen LogP contribution in [0.4, 0.5) is 0 Å². The van der Waals surface area contributed by atoms with Gasteiger partial charge in [-0.15, -0.1) is 0 Å². The molecular weight excluding hydrogens is 152 g/mol. The molecule has 2 nitrogen and oxygen atoms in total. The first-order chi connectivity index (χ1) is 5.85. The summed E-state index contributed by atoms with van der Waals surface area (Å²) in [7, 11) is 0. The van der Waals surface area contributed by atoms with E-state index in [2.05, 4.69) is 6.92 Å². The predicted molar refractivity (Wildman–Crippen MR) is 46.9 cm³/mol. The fraction of sp³-hybridized carbons (Fsp3) is 1.00. The van der Waals surface area contributed by atoms with Crippen molar-refractivity contribution < 1.29 is 9.47 Å². The highest BCUT2D eigenvalue weighted by molar-refractivity contribution is 4.82. The maximum atomic E-state index is 5.92. The Morgan fingerprint density at radius 2 is 2.25 bits per heavy atom. The van der Waals surface area contributed by atoms with E-state index in [9.17, 15) is 0 Å². The third-order valence-electron chi connectivity index (χ3n) is 3.00. The molecule has 2 aliphatic heterocycles. The molecule has 0 saturated carbocycles. The minimum atomic E-state index is -0.154. The molecule has 2 fully saturated rings. The summed E-state index contributed by atoms with van der Waals surface area (Å²) in [4.78, 5) is 0. The summed E-state index contributed by atoms with van der Waals surface area (Å²) in [6.45, 7) is 3.09. The molecule has 2 heteroatoms. The van der Waals surface area contributed by atoms with Crippen molar-refractivity contribution >= 4 is 0 Å². The third kappa shape index (κ3) is 1.50. The van der Waals surface area contributed by atoms with Crippen LogP contribution in [0.3, 0.4) is 0 Å². The van der Waals surface area contributed by atoms with Gasteiger partial charge in [-0.2, -0.15) is 0 Å². The van der Waals surface area contributed by atoms with Crippen LogP contribution in [0, 0.1) is 0 Å². The van der Waals surface area contributed by atoms with Crippen LogP contribution in [-0.4, -0.2) is 18.5 Å². The maximum Gasteiger partial charge on any atom is 0.168 e. The van der Waals surface area contributed by atoms with Gasteiger partial charge in [-0.05, 0) is 25.7 Å². The molecule has 2 unspecified atom stereocenters. The quantitative estimate of drug-likeness (QED) is 0.602. The number of rotatable bonds is 1. The molecule has 0 aromatic carbocycles. The van der Waals surface area contributed by atoms with Gasteiger partial charge in [-0.25, -0.2) is 0 Å². The van der Waals surface area contributed by atoms with Gasteiger partial charge in [0.2, 0.25) is 0 Å². The number of ether oxygens (including phenoxy) is 2. The summed E-state index contributed by atoms with van der Waals surface area (Å²) in [5.41, 5.74) is 0. The normalized spacial score (nSPS) is 42.2. The summed E-state index contributed by atoms with van der Waals surface area (Å²) in [5.74, 6) is -0.154. The van der Waals surface area contributed by atoms with Crippen LogP contribution in [0.25, 0.3) is 0 Å². The summed E-state index contributed by atoms with van der Waals surface area (Å²) >= 11 is 0. The van der Waals surface area contributed by atoms with Crippen molar-refractivity contribution in [2.75, 3.05) is 6.61 Å². The van der Waals surface area contributed by atoms with Gasteiger partial charge in [0.15, 0.2) is 5.79 Å². The van der Waals surface area contributed by atoms with Gasteiger partial charge in [-0.1, -0.05) is 6.92 Å². The van der Waals surface area contributed by atoms with E-state index in [1.807, 2.05) is 0 Å². The zero-order chi connectivity index (χ0) is 8.44. The van der Waals surface area contributed by atoms with Gasteiger partial charge < -0.3 is 9.47 Å². The summed E-state index contributed by atoms with van der Waals surface area (Å²) < 4.78 is 11.7. The largest absolute Gasteiger partial charge is 0.350 e. The van der Waals surface area contributed by atoms with Crippen LogP contribution in [-0.2, 0) is 9.47 Å². The Bertz CT molecular complexity index is 150. The third-order valence-corrected chi connectivity index (χ3v) is 3.00. The molecule has 70 valence electrons. The molecule has 0 aromatic rings. The lowest BCUT2D eigenvalue weighted by molar-refractivity contribution is -0.244. The molecule has 2 heterocycles. The first-order valence-corrected chi connectivity index (χ1v) is 5.16. The van der Waals surface area contributed by atoms with E-state index in [1.165, 1.54) is 19.3 Å².